The summed E-state index contributed by atoms with van der Waals surface area (Å²) >= 11 is 0. The first-order valence-corrected chi connectivity index (χ1v) is 5.84. The molecule has 0 unspecified atom stereocenters. The minimum atomic E-state index is -0.913. The number of carbonyl (C=O) groups is 1. The van der Waals surface area contributed by atoms with Crippen LogP contribution in [0.5, 0.6) is 0 Å². The molecule has 1 heterocycles. The van der Waals surface area contributed by atoms with Crippen LogP contribution in [0.15, 0.2) is 22.6 Å². The van der Waals surface area contributed by atoms with Gasteiger partial charge >= 0.3 is 5.97 Å². The van der Waals surface area contributed by atoms with Gasteiger partial charge in [-0.3, -0.25) is 0 Å². The molecule has 0 spiro atoms. The maximum absolute atomic E-state index is 11.1. The monoisotopic (exact) mass is 248 g/mol. The second kappa shape index (κ2) is 4.68. The van der Waals surface area contributed by atoms with Crippen LogP contribution in [-0.2, 0) is 4.79 Å². The summed E-state index contributed by atoms with van der Waals surface area (Å²) in [4.78, 5) is 15.3. The fourth-order valence-electron chi connectivity index (χ4n) is 1.75. The van der Waals surface area contributed by atoms with E-state index < -0.39 is 12.0 Å². The standard InChI is InChI=1S/C13H16N2O3/c1-7(2)11(12(16)17)15-13-14-9-6-8(3)4-5-10(9)18-13/h4-7,11H,1-3H3,(H,14,15)(H,16,17)/t11-/m1/s1. The Morgan fingerprint density at radius 2 is 2.17 bits per heavy atom. The number of anilines is 1. The Labute approximate surface area is 105 Å². The van der Waals surface area contributed by atoms with Gasteiger partial charge in [0.25, 0.3) is 6.01 Å². The lowest BCUT2D eigenvalue weighted by Crippen LogP contribution is -2.34. The molecule has 0 aliphatic carbocycles. The molecule has 0 amide bonds. The van der Waals surface area contributed by atoms with E-state index in [0.29, 0.717) is 5.58 Å². The van der Waals surface area contributed by atoms with Crippen molar-refractivity contribution in [3.05, 3.63) is 23.8 Å². The molecule has 2 N–H and O–H groups in total. The highest BCUT2D eigenvalue weighted by atomic mass is 16.4. The zero-order valence-corrected chi connectivity index (χ0v) is 10.6. The summed E-state index contributed by atoms with van der Waals surface area (Å²) in [6, 6.07) is 5.19. The molecule has 0 saturated carbocycles. The van der Waals surface area contributed by atoms with E-state index in [4.69, 9.17) is 9.52 Å². The Hall–Kier alpha value is -2.04. The summed E-state index contributed by atoms with van der Waals surface area (Å²) in [7, 11) is 0. The van der Waals surface area contributed by atoms with Crippen molar-refractivity contribution in [3.63, 3.8) is 0 Å². The average Bonchev–Trinajstić information content (AvgIpc) is 2.66. The first kappa shape index (κ1) is 12.4. The number of nitrogens with zero attached hydrogens (tertiary/aromatic N) is 1. The molecule has 1 atom stereocenters. The molecule has 5 heteroatoms. The molecule has 0 bridgehead atoms. The molecule has 96 valence electrons. The SMILES string of the molecule is Cc1ccc2oc(N[C@@H](C(=O)O)C(C)C)nc2c1. The normalized spacial score (nSPS) is 12.9. The van der Waals surface area contributed by atoms with Crippen LogP contribution in [0.1, 0.15) is 19.4 Å². The Morgan fingerprint density at radius 1 is 1.44 bits per heavy atom. The summed E-state index contributed by atoms with van der Waals surface area (Å²) in [5, 5.41) is 11.9. The fraction of sp³-hybridized carbons (Fsp3) is 0.385. The van der Waals surface area contributed by atoms with Crippen LogP contribution in [0.4, 0.5) is 6.01 Å². The fourth-order valence-corrected chi connectivity index (χ4v) is 1.75. The molecular weight excluding hydrogens is 232 g/mol. The van der Waals surface area contributed by atoms with E-state index in [0.717, 1.165) is 11.1 Å². The maximum atomic E-state index is 11.1. The molecule has 0 fully saturated rings. The van der Waals surface area contributed by atoms with Crippen LogP contribution in [0, 0.1) is 12.8 Å². The van der Waals surface area contributed by atoms with Gasteiger partial charge in [-0.1, -0.05) is 19.9 Å². The number of fused-ring (bicyclic) bond motifs is 1. The van der Waals surface area contributed by atoms with E-state index in [1.54, 1.807) is 0 Å². The number of hydrogen-bond acceptors (Lipinski definition) is 4. The number of rotatable bonds is 4. The lowest BCUT2D eigenvalue weighted by Gasteiger charge is -2.15. The van der Waals surface area contributed by atoms with E-state index in [1.807, 2.05) is 39.0 Å². The van der Waals surface area contributed by atoms with E-state index in [1.165, 1.54) is 0 Å². The van der Waals surface area contributed by atoms with Crippen molar-refractivity contribution in [1.29, 1.82) is 0 Å². The number of hydrogen-bond donors (Lipinski definition) is 2. The number of aliphatic carboxylic acids is 1. The topological polar surface area (TPSA) is 75.4 Å². The molecule has 1 aromatic heterocycles. The third kappa shape index (κ3) is 2.45. The molecule has 18 heavy (non-hydrogen) atoms. The Kier molecular flexibility index (Phi) is 3.23. The van der Waals surface area contributed by atoms with Crippen LogP contribution in [0.25, 0.3) is 11.1 Å². The highest BCUT2D eigenvalue weighted by molar-refractivity contribution is 5.79. The minimum absolute atomic E-state index is 0.0563. The van der Waals surface area contributed by atoms with E-state index in [-0.39, 0.29) is 11.9 Å². The van der Waals surface area contributed by atoms with Gasteiger partial charge in [0.15, 0.2) is 5.58 Å². The molecule has 2 aromatic rings. The molecule has 0 aliphatic heterocycles. The number of oxazole rings is 1. The zero-order valence-electron chi connectivity index (χ0n) is 10.6. The first-order chi connectivity index (χ1) is 8.47. The quantitative estimate of drug-likeness (QED) is 0.870. The molecular formula is C13H16N2O3. The van der Waals surface area contributed by atoms with Crippen LogP contribution >= 0.6 is 0 Å². The van der Waals surface area contributed by atoms with Gasteiger partial charge in [-0.2, -0.15) is 4.98 Å². The lowest BCUT2D eigenvalue weighted by atomic mass is 10.1. The van der Waals surface area contributed by atoms with Crippen LogP contribution in [-0.4, -0.2) is 22.1 Å². The predicted octanol–water partition coefficient (Wildman–Crippen LogP) is 2.66. The van der Waals surface area contributed by atoms with Crippen molar-refractivity contribution in [1.82, 2.24) is 4.98 Å². The number of carboxylic acids is 1. The van der Waals surface area contributed by atoms with Crippen molar-refractivity contribution >= 4 is 23.1 Å². The first-order valence-electron chi connectivity index (χ1n) is 5.84. The number of benzene rings is 1. The maximum Gasteiger partial charge on any atom is 0.326 e. The number of aryl methyl sites for hydroxylation is 1. The molecule has 0 saturated heterocycles. The van der Waals surface area contributed by atoms with Gasteiger partial charge in [0.05, 0.1) is 0 Å². The van der Waals surface area contributed by atoms with Crippen molar-refractivity contribution < 1.29 is 14.3 Å². The average molecular weight is 248 g/mol. The highest BCUT2D eigenvalue weighted by Crippen LogP contribution is 2.21. The number of aromatic nitrogens is 1. The lowest BCUT2D eigenvalue weighted by molar-refractivity contribution is -0.138. The second-order valence-corrected chi connectivity index (χ2v) is 4.69. The number of nitrogens with one attached hydrogen (secondary N) is 1. The van der Waals surface area contributed by atoms with Gasteiger partial charge in [-0.25, -0.2) is 4.79 Å². The van der Waals surface area contributed by atoms with E-state index in [2.05, 4.69) is 10.3 Å². The van der Waals surface area contributed by atoms with Gasteiger partial charge in [0.1, 0.15) is 11.6 Å². The van der Waals surface area contributed by atoms with Gasteiger partial charge < -0.3 is 14.8 Å². The summed E-state index contributed by atoms with van der Waals surface area (Å²) < 4.78 is 5.47. The summed E-state index contributed by atoms with van der Waals surface area (Å²) in [5.41, 5.74) is 2.46. The summed E-state index contributed by atoms with van der Waals surface area (Å²) in [5.74, 6) is -0.970. The summed E-state index contributed by atoms with van der Waals surface area (Å²) in [6.07, 6.45) is 0. The molecule has 1 aromatic carbocycles. The molecule has 5 nitrogen and oxygen atoms in total. The van der Waals surface area contributed by atoms with E-state index in [9.17, 15) is 4.79 Å². The van der Waals surface area contributed by atoms with E-state index >= 15 is 0 Å². The largest absolute Gasteiger partial charge is 0.480 e. The van der Waals surface area contributed by atoms with Crippen LogP contribution < -0.4 is 5.32 Å². The predicted molar refractivity (Wildman–Crippen MR) is 68.6 cm³/mol. The van der Waals surface area contributed by atoms with Gasteiger partial charge in [0.2, 0.25) is 0 Å². The van der Waals surface area contributed by atoms with Gasteiger partial charge in [-0.05, 0) is 30.5 Å². The third-order valence-corrected chi connectivity index (χ3v) is 2.75. The van der Waals surface area contributed by atoms with Gasteiger partial charge in [-0.15, -0.1) is 0 Å². The van der Waals surface area contributed by atoms with Crippen molar-refractivity contribution in [2.24, 2.45) is 5.92 Å². The Morgan fingerprint density at radius 3 is 2.78 bits per heavy atom. The van der Waals surface area contributed by atoms with Crippen molar-refractivity contribution in [2.75, 3.05) is 5.32 Å². The zero-order chi connectivity index (χ0) is 13.3. The number of carboxylic acid groups (broad SMARTS) is 1. The smallest absolute Gasteiger partial charge is 0.326 e. The third-order valence-electron chi connectivity index (χ3n) is 2.75. The molecule has 0 radical (unpaired) electrons. The highest BCUT2D eigenvalue weighted by Gasteiger charge is 2.23. The molecule has 2 rings (SSSR count). The van der Waals surface area contributed by atoms with Gasteiger partial charge in [0, 0.05) is 0 Å². The summed E-state index contributed by atoms with van der Waals surface area (Å²) in [6.45, 7) is 5.63. The van der Waals surface area contributed by atoms with Crippen LogP contribution in [0.3, 0.4) is 0 Å². The Balaban J connectivity index is 2.28. The van der Waals surface area contributed by atoms with Crippen molar-refractivity contribution in [3.8, 4) is 0 Å². The second-order valence-electron chi connectivity index (χ2n) is 4.69. The minimum Gasteiger partial charge on any atom is -0.480 e. The Bertz CT molecular complexity index is 575. The van der Waals surface area contributed by atoms with Crippen molar-refractivity contribution in [2.45, 2.75) is 26.8 Å². The van der Waals surface area contributed by atoms with Crippen LogP contribution in [0.2, 0.25) is 0 Å². The molecule has 0 aliphatic rings.